The highest BCUT2D eigenvalue weighted by Crippen LogP contribution is 2.12. The van der Waals surface area contributed by atoms with Crippen molar-refractivity contribution in [3.8, 4) is 0 Å². The quantitative estimate of drug-likeness (QED) is 0.0274. The Morgan fingerprint density at radius 2 is 0.769 bits per heavy atom. The van der Waals surface area contributed by atoms with Crippen LogP contribution in [0, 0.1) is 0 Å². The molecule has 52 heavy (non-hydrogen) atoms. The van der Waals surface area contributed by atoms with Crippen molar-refractivity contribution >= 4 is 17.9 Å². The number of unbranched alkanes of at least 4 members (excludes halogenated alkanes) is 16. The Hall–Kier alpha value is -2.89. The summed E-state index contributed by atoms with van der Waals surface area (Å²) in [4.78, 5) is 37.5. The second-order valence-electron chi connectivity index (χ2n) is 13.9. The molecule has 0 saturated carbocycles. The van der Waals surface area contributed by atoms with Crippen LogP contribution >= 0.6 is 0 Å². The highest BCUT2D eigenvalue weighted by Gasteiger charge is 2.19. The standard InChI is InChI=1S/C46H78O6/c1-4-7-10-13-16-19-20-21-22-23-24-25-28-30-33-36-39-45(48)51-42-43(52-46(49)40-37-34-31-27-18-15-12-9-6-3)41-50-44(47)38-35-32-29-26-17-14-11-8-5-2/h7,10,16,19,21-22,24-25,27,31,43H,4-6,8-9,11-15,17-18,20,23,26,28-30,32-42H2,1-3H3/b10-7-,19-16-,22-21-,25-24-,31-27-. The van der Waals surface area contributed by atoms with Crippen LogP contribution in [0.15, 0.2) is 60.8 Å². The second kappa shape index (κ2) is 40.9. The normalized spacial score (nSPS) is 12.6. The molecule has 0 N–H and O–H groups in total. The first-order valence-corrected chi connectivity index (χ1v) is 21.3. The lowest BCUT2D eigenvalue weighted by atomic mass is 10.1. The van der Waals surface area contributed by atoms with Crippen LogP contribution < -0.4 is 0 Å². The van der Waals surface area contributed by atoms with Crippen LogP contribution in [0.2, 0.25) is 0 Å². The average Bonchev–Trinajstić information content (AvgIpc) is 3.14. The Kier molecular flexibility index (Phi) is 38.6. The maximum absolute atomic E-state index is 12.6. The number of hydrogen-bond acceptors (Lipinski definition) is 6. The number of rotatable bonds is 37. The van der Waals surface area contributed by atoms with E-state index in [0.29, 0.717) is 19.3 Å². The van der Waals surface area contributed by atoms with E-state index >= 15 is 0 Å². The van der Waals surface area contributed by atoms with Gasteiger partial charge in [-0.3, -0.25) is 14.4 Å². The number of esters is 3. The maximum Gasteiger partial charge on any atom is 0.306 e. The lowest BCUT2D eigenvalue weighted by molar-refractivity contribution is -0.167. The lowest BCUT2D eigenvalue weighted by Gasteiger charge is -2.18. The number of allylic oxidation sites excluding steroid dienone is 10. The summed E-state index contributed by atoms with van der Waals surface area (Å²) in [5.74, 6) is -0.974. The molecule has 0 aliphatic rings. The molecule has 0 aliphatic carbocycles. The molecule has 0 spiro atoms. The Morgan fingerprint density at radius 1 is 0.404 bits per heavy atom. The van der Waals surface area contributed by atoms with Crippen molar-refractivity contribution in [2.24, 2.45) is 0 Å². The third-order valence-electron chi connectivity index (χ3n) is 8.76. The largest absolute Gasteiger partial charge is 0.462 e. The number of carbonyl (C=O) groups excluding carboxylic acids is 3. The van der Waals surface area contributed by atoms with Gasteiger partial charge < -0.3 is 14.2 Å². The fourth-order valence-electron chi connectivity index (χ4n) is 5.55. The fourth-order valence-corrected chi connectivity index (χ4v) is 5.55. The summed E-state index contributed by atoms with van der Waals surface area (Å²) in [5, 5.41) is 0. The Labute approximate surface area is 320 Å². The van der Waals surface area contributed by atoms with Crippen LogP contribution in [0.25, 0.3) is 0 Å². The number of hydrogen-bond donors (Lipinski definition) is 0. The minimum absolute atomic E-state index is 0.0954. The van der Waals surface area contributed by atoms with Gasteiger partial charge in [0.05, 0.1) is 0 Å². The van der Waals surface area contributed by atoms with E-state index in [4.69, 9.17) is 14.2 Å². The molecule has 6 heteroatoms. The smallest absolute Gasteiger partial charge is 0.306 e. The van der Waals surface area contributed by atoms with Gasteiger partial charge in [0.25, 0.3) is 0 Å². The SMILES string of the molecule is CC/C=C\C/C=C\C/C=C\C/C=C\CCCCCC(=O)OCC(COC(=O)CCCCCCCCCCC)OC(=O)CCC/C=C\CCCCCC. The molecule has 0 amide bonds. The third kappa shape index (κ3) is 38.3. The summed E-state index contributed by atoms with van der Waals surface area (Å²) in [7, 11) is 0. The number of carbonyl (C=O) groups is 3. The van der Waals surface area contributed by atoms with Crippen LogP contribution in [-0.4, -0.2) is 37.2 Å². The summed E-state index contributed by atoms with van der Waals surface area (Å²) < 4.78 is 16.6. The first-order chi connectivity index (χ1) is 25.5. The van der Waals surface area contributed by atoms with Gasteiger partial charge in [0.15, 0.2) is 6.10 Å². The molecule has 0 aromatic rings. The summed E-state index contributed by atoms with van der Waals surface area (Å²) in [6.07, 6.45) is 47.9. The van der Waals surface area contributed by atoms with Gasteiger partial charge in [-0.25, -0.2) is 0 Å². The number of ether oxygens (including phenoxy) is 3. The molecule has 6 nitrogen and oxygen atoms in total. The minimum atomic E-state index is -0.796. The molecular weight excluding hydrogens is 648 g/mol. The Morgan fingerprint density at radius 3 is 1.27 bits per heavy atom. The van der Waals surface area contributed by atoms with Crippen LogP contribution in [0.1, 0.15) is 194 Å². The molecule has 0 bridgehead atoms. The zero-order valence-corrected chi connectivity index (χ0v) is 33.8. The molecule has 0 aromatic heterocycles. The van der Waals surface area contributed by atoms with Gasteiger partial charge in [-0.15, -0.1) is 0 Å². The van der Waals surface area contributed by atoms with E-state index in [1.807, 2.05) is 0 Å². The van der Waals surface area contributed by atoms with Crippen LogP contribution in [0.3, 0.4) is 0 Å². The zero-order chi connectivity index (χ0) is 38.0. The summed E-state index contributed by atoms with van der Waals surface area (Å²) in [6.45, 7) is 6.39. The molecule has 0 saturated heterocycles. The van der Waals surface area contributed by atoms with E-state index in [-0.39, 0.29) is 37.5 Å². The van der Waals surface area contributed by atoms with Gasteiger partial charge in [0.1, 0.15) is 13.2 Å². The monoisotopic (exact) mass is 727 g/mol. The lowest BCUT2D eigenvalue weighted by Crippen LogP contribution is -2.30. The topological polar surface area (TPSA) is 78.9 Å². The molecule has 1 unspecified atom stereocenters. The van der Waals surface area contributed by atoms with E-state index in [1.165, 1.54) is 64.2 Å². The van der Waals surface area contributed by atoms with Crippen LogP contribution in [0.5, 0.6) is 0 Å². The first-order valence-electron chi connectivity index (χ1n) is 21.3. The third-order valence-corrected chi connectivity index (χ3v) is 8.76. The second-order valence-corrected chi connectivity index (χ2v) is 13.9. The predicted octanol–water partition coefficient (Wildman–Crippen LogP) is 13.4. The van der Waals surface area contributed by atoms with Crippen molar-refractivity contribution in [1.82, 2.24) is 0 Å². The maximum atomic E-state index is 12.6. The van der Waals surface area contributed by atoms with Crippen molar-refractivity contribution in [2.45, 2.75) is 200 Å². The van der Waals surface area contributed by atoms with Gasteiger partial charge in [0.2, 0.25) is 0 Å². The Bertz CT molecular complexity index is 975. The summed E-state index contributed by atoms with van der Waals surface area (Å²) in [6, 6.07) is 0. The van der Waals surface area contributed by atoms with Gasteiger partial charge in [-0.2, -0.15) is 0 Å². The zero-order valence-electron chi connectivity index (χ0n) is 33.8. The fraction of sp³-hybridized carbons (Fsp3) is 0.717. The van der Waals surface area contributed by atoms with Gasteiger partial charge in [-0.05, 0) is 77.0 Å². The van der Waals surface area contributed by atoms with Crippen molar-refractivity contribution < 1.29 is 28.6 Å². The highest BCUT2D eigenvalue weighted by atomic mass is 16.6. The van der Waals surface area contributed by atoms with Gasteiger partial charge >= 0.3 is 17.9 Å². The van der Waals surface area contributed by atoms with E-state index in [1.54, 1.807) is 0 Å². The predicted molar refractivity (Wildman–Crippen MR) is 219 cm³/mol. The van der Waals surface area contributed by atoms with Crippen molar-refractivity contribution in [2.75, 3.05) is 13.2 Å². The molecule has 1 atom stereocenters. The molecule has 0 rings (SSSR count). The minimum Gasteiger partial charge on any atom is -0.462 e. The summed E-state index contributed by atoms with van der Waals surface area (Å²) >= 11 is 0. The van der Waals surface area contributed by atoms with E-state index in [2.05, 4.69) is 81.5 Å². The summed E-state index contributed by atoms with van der Waals surface area (Å²) in [5.41, 5.74) is 0. The molecule has 298 valence electrons. The van der Waals surface area contributed by atoms with E-state index in [0.717, 1.165) is 83.5 Å². The van der Waals surface area contributed by atoms with Gasteiger partial charge in [0, 0.05) is 19.3 Å². The van der Waals surface area contributed by atoms with E-state index < -0.39 is 6.10 Å². The van der Waals surface area contributed by atoms with Crippen LogP contribution in [0.4, 0.5) is 0 Å². The first kappa shape index (κ1) is 49.1. The Balaban J connectivity index is 4.42. The average molecular weight is 727 g/mol. The molecular formula is C46H78O6. The highest BCUT2D eigenvalue weighted by molar-refractivity contribution is 5.71. The van der Waals surface area contributed by atoms with Crippen molar-refractivity contribution in [3.05, 3.63) is 60.8 Å². The van der Waals surface area contributed by atoms with Crippen molar-refractivity contribution in [3.63, 3.8) is 0 Å². The molecule has 0 aromatic carbocycles. The molecule has 0 radical (unpaired) electrons. The van der Waals surface area contributed by atoms with Crippen molar-refractivity contribution in [1.29, 1.82) is 0 Å². The van der Waals surface area contributed by atoms with Crippen LogP contribution in [-0.2, 0) is 28.6 Å². The van der Waals surface area contributed by atoms with E-state index in [9.17, 15) is 14.4 Å². The molecule has 0 aliphatic heterocycles. The molecule has 0 heterocycles. The molecule has 0 fully saturated rings. The van der Waals surface area contributed by atoms with Gasteiger partial charge in [-0.1, -0.05) is 159 Å².